The summed E-state index contributed by atoms with van der Waals surface area (Å²) in [5.74, 6) is -5.11. The van der Waals surface area contributed by atoms with Crippen molar-refractivity contribution in [1.82, 2.24) is 10.2 Å². The molecule has 4 N–H and O–H groups in total. The van der Waals surface area contributed by atoms with Gasteiger partial charge in [-0.05, 0) is 48.6 Å². The zero-order valence-electron chi connectivity index (χ0n) is 23.4. The quantitative estimate of drug-likeness (QED) is 0.183. The van der Waals surface area contributed by atoms with Crippen LogP contribution in [0.25, 0.3) is 0 Å². The molecule has 2 aromatic carbocycles. The number of rotatable bonds is 12. The Morgan fingerprint density at radius 3 is 2.40 bits per heavy atom. The lowest BCUT2D eigenvalue weighted by Crippen LogP contribution is -2.46. The Balaban J connectivity index is 0.00000616. The van der Waals surface area contributed by atoms with Crippen molar-refractivity contribution in [3.05, 3.63) is 64.7 Å². The second-order valence-corrected chi connectivity index (χ2v) is 11.2. The van der Waals surface area contributed by atoms with E-state index in [1.54, 1.807) is 13.0 Å². The molecule has 1 heterocycles. The summed E-state index contributed by atoms with van der Waals surface area (Å²) < 4.78 is 60.5. The SMILES string of the molecule is CCOC(=O)[C@@H](Nc1ccc(CNC(=O)[C@@H]2SCCN2C(=O)C[C@H](N)Cc2cc(F)c(F)cc2F)cc1F)C(C)C.Cl. The topological polar surface area (TPSA) is 114 Å². The van der Waals surface area contributed by atoms with E-state index in [9.17, 15) is 31.9 Å². The molecule has 3 atom stereocenters. The van der Waals surface area contributed by atoms with Crippen molar-refractivity contribution in [2.75, 3.05) is 24.2 Å². The minimum Gasteiger partial charge on any atom is -0.464 e. The van der Waals surface area contributed by atoms with Crippen LogP contribution in [0.5, 0.6) is 0 Å². The number of hydrogen-bond donors (Lipinski definition) is 3. The number of thioether (sulfide) groups is 1. The highest BCUT2D eigenvalue weighted by atomic mass is 35.5. The Morgan fingerprint density at radius 1 is 1.07 bits per heavy atom. The Labute approximate surface area is 252 Å². The molecule has 1 aliphatic heterocycles. The van der Waals surface area contributed by atoms with E-state index in [0.29, 0.717) is 30.0 Å². The van der Waals surface area contributed by atoms with Crippen molar-refractivity contribution in [3.8, 4) is 0 Å². The van der Waals surface area contributed by atoms with Gasteiger partial charge in [-0.2, -0.15) is 0 Å². The fraction of sp³-hybridized carbons (Fsp3) is 0.464. The highest BCUT2D eigenvalue weighted by molar-refractivity contribution is 8.00. The van der Waals surface area contributed by atoms with Crippen LogP contribution in [0.4, 0.5) is 23.2 Å². The van der Waals surface area contributed by atoms with Gasteiger partial charge in [0.25, 0.3) is 5.91 Å². The van der Waals surface area contributed by atoms with Gasteiger partial charge in [-0.15, -0.1) is 24.2 Å². The summed E-state index contributed by atoms with van der Waals surface area (Å²) in [6.07, 6.45) is -0.424. The van der Waals surface area contributed by atoms with E-state index in [2.05, 4.69) is 10.6 Å². The Kier molecular flexibility index (Phi) is 13.4. The van der Waals surface area contributed by atoms with Gasteiger partial charge < -0.3 is 26.0 Å². The van der Waals surface area contributed by atoms with E-state index in [1.807, 2.05) is 13.8 Å². The van der Waals surface area contributed by atoms with Crippen LogP contribution in [-0.4, -0.2) is 59.0 Å². The van der Waals surface area contributed by atoms with E-state index in [-0.39, 0.29) is 55.6 Å². The summed E-state index contributed by atoms with van der Waals surface area (Å²) >= 11 is 1.25. The number of benzene rings is 2. The summed E-state index contributed by atoms with van der Waals surface area (Å²) in [6.45, 7) is 5.80. The first-order valence-electron chi connectivity index (χ1n) is 13.2. The largest absolute Gasteiger partial charge is 0.464 e. The number of ether oxygens (including phenoxy) is 1. The number of hydrogen-bond acceptors (Lipinski definition) is 7. The summed E-state index contributed by atoms with van der Waals surface area (Å²) in [5, 5.41) is 4.74. The van der Waals surface area contributed by atoms with Crippen molar-refractivity contribution in [2.24, 2.45) is 11.7 Å². The van der Waals surface area contributed by atoms with Gasteiger partial charge in [-0.25, -0.2) is 22.4 Å². The molecule has 0 bridgehead atoms. The minimum absolute atomic E-state index is 0. The lowest BCUT2D eigenvalue weighted by Gasteiger charge is -2.24. The van der Waals surface area contributed by atoms with Crippen molar-refractivity contribution in [3.63, 3.8) is 0 Å². The minimum atomic E-state index is -1.32. The number of nitrogens with two attached hydrogens (primary N) is 1. The van der Waals surface area contributed by atoms with Gasteiger partial charge in [0.15, 0.2) is 17.0 Å². The van der Waals surface area contributed by atoms with E-state index < -0.39 is 58.5 Å². The van der Waals surface area contributed by atoms with E-state index in [4.69, 9.17) is 10.5 Å². The standard InChI is InChI=1S/C28H34F4N4O4S.ClH/c1-4-40-28(39)25(15(2)3)35-23-6-5-16(9-22(23)32)14-34-26(38)27-36(7-8-41-27)24(37)12-18(33)10-17-11-20(30)21(31)13-19(17)29;/h5-6,9,11,13,15,18,25,27,35H,4,7-8,10,12,14,33H2,1-3H3,(H,34,38);1H/t18-,25+,27+;/m1./s1. The van der Waals surface area contributed by atoms with Crippen LogP contribution in [-0.2, 0) is 32.1 Å². The van der Waals surface area contributed by atoms with Crippen LogP contribution in [0.2, 0.25) is 0 Å². The molecule has 42 heavy (non-hydrogen) atoms. The number of anilines is 1. The zero-order valence-corrected chi connectivity index (χ0v) is 25.1. The molecule has 0 radical (unpaired) electrons. The summed E-state index contributed by atoms with van der Waals surface area (Å²) in [7, 11) is 0. The van der Waals surface area contributed by atoms with Gasteiger partial charge in [-0.3, -0.25) is 9.59 Å². The average molecular weight is 635 g/mol. The second kappa shape index (κ2) is 16.0. The first-order chi connectivity index (χ1) is 19.4. The predicted octanol–water partition coefficient (Wildman–Crippen LogP) is 4.14. The zero-order chi connectivity index (χ0) is 30.3. The molecule has 1 aliphatic rings. The van der Waals surface area contributed by atoms with Crippen LogP contribution in [0.3, 0.4) is 0 Å². The number of esters is 1. The molecule has 2 aromatic rings. The third kappa shape index (κ3) is 9.23. The van der Waals surface area contributed by atoms with Gasteiger partial charge in [0, 0.05) is 37.4 Å². The van der Waals surface area contributed by atoms with Crippen LogP contribution < -0.4 is 16.4 Å². The number of carbonyl (C=O) groups is 3. The van der Waals surface area contributed by atoms with E-state index in [1.165, 1.54) is 28.8 Å². The Bertz CT molecular complexity index is 1270. The number of carbonyl (C=O) groups excluding carboxylic acids is 3. The molecule has 0 aliphatic carbocycles. The van der Waals surface area contributed by atoms with Gasteiger partial charge in [0.05, 0.1) is 12.3 Å². The van der Waals surface area contributed by atoms with Gasteiger partial charge in [0.2, 0.25) is 5.91 Å². The molecule has 1 saturated heterocycles. The molecular formula is C28H35ClF4N4O4S. The number of nitrogens with zero attached hydrogens (tertiary/aromatic N) is 1. The number of nitrogens with one attached hydrogen (secondary N) is 2. The number of halogens is 5. The predicted molar refractivity (Wildman–Crippen MR) is 155 cm³/mol. The normalized spacial score (nSPS) is 16.0. The molecule has 14 heteroatoms. The molecular weight excluding hydrogens is 600 g/mol. The first kappa shape index (κ1) is 35.2. The highest BCUT2D eigenvalue weighted by Gasteiger charge is 2.35. The van der Waals surface area contributed by atoms with Gasteiger partial charge >= 0.3 is 5.97 Å². The molecule has 8 nitrogen and oxygen atoms in total. The summed E-state index contributed by atoms with van der Waals surface area (Å²) in [4.78, 5) is 39.3. The maximum atomic E-state index is 14.8. The average Bonchev–Trinajstić information content (AvgIpc) is 3.40. The lowest BCUT2D eigenvalue weighted by molar-refractivity contribution is -0.145. The lowest BCUT2D eigenvalue weighted by atomic mass is 10.0. The van der Waals surface area contributed by atoms with Crippen LogP contribution in [0.15, 0.2) is 30.3 Å². The molecule has 0 saturated carbocycles. The van der Waals surface area contributed by atoms with Crippen molar-refractivity contribution >= 4 is 47.6 Å². The van der Waals surface area contributed by atoms with E-state index in [0.717, 1.165) is 0 Å². The van der Waals surface area contributed by atoms with Crippen LogP contribution in [0.1, 0.15) is 38.3 Å². The van der Waals surface area contributed by atoms with Crippen LogP contribution >= 0.6 is 24.2 Å². The Hall–Kier alpha value is -3.03. The summed E-state index contributed by atoms with van der Waals surface area (Å²) in [6, 6.07) is 3.85. The fourth-order valence-electron chi connectivity index (χ4n) is 4.32. The third-order valence-corrected chi connectivity index (χ3v) is 7.66. The Morgan fingerprint density at radius 2 is 1.76 bits per heavy atom. The maximum Gasteiger partial charge on any atom is 0.328 e. The smallest absolute Gasteiger partial charge is 0.328 e. The van der Waals surface area contributed by atoms with Gasteiger partial charge in [0.1, 0.15) is 17.7 Å². The molecule has 1 fully saturated rings. The monoisotopic (exact) mass is 634 g/mol. The molecule has 0 unspecified atom stereocenters. The first-order valence-corrected chi connectivity index (χ1v) is 14.3. The van der Waals surface area contributed by atoms with Crippen molar-refractivity contribution in [1.29, 1.82) is 0 Å². The second-order valence-electron chi connectivity index (χ2n) is 9.99. The number of amides is 2. The van der Waals surface area contributed by atoms with Crippen LogP contribution in [0, 0.1) is 29.2 Å². The fourth-order valence-corrected chi connectivity index (χ4v) is 5.48. The highest BCUT2D eigenvalue weighted by Crippen LogP contribution is 2.26. The van der Waals surface area contributed by atoms with Gasteiger partial charge in [-0.1, -0.05) is 19.9 Å². The molecule has 2 amide bonds. The molecule has 0 aromatic heterocycles. The molecule has 0 spiro atoms. The van der Waals surface area contributed by atoms with Crippen molar-refractivity contribution in [2.45, 2.75) is 57.6 Å². The van der Waals surface area contributed by atoms with Crippen molar-refractivity contribution < 1.29 is 36.7 Å². The third-order valence-electron chi connectivity index (χ3n) is 6.46. The van der Waals surface area contributed by atoms with E-state index >= 15 is 0 Å². The maximum absolute atomic E-state index is 14.8. The molecule has 3 rings (SSSR count). The molecule has 232 valence electrons. The summed E-state index contributed by atoms with van der Waals surface area (Å²) in [5.41, 5.74) is 6.43.